The highest BCUT2D eigenvalue weighted by atomic mass is 15.0. The van der Waals surface area contributed by atoms with Crippen LogP contribution in [0, 0.1) is 0 Å². The van der Waals surface area contributed by atoms with Crippen molar-refractivity contribution in [3.8, 4) is 0 Å². The van der Waals surface area contributed by atoms with Gasteiger partial charge in [0.1, 0.15) is 0 Å². The van der Waals surface area contributed by atoms with Crippen LogP contribution in [0.25, 0.3) is 0 Å². The van der Waals surface area contributed by atoms with E-state index in [4.69, 9.17) is 0 Å². The first kappa shape index (κ1) is 4.69. The minimum Gasteiger partial charge on any atom is -0.359 e. The Morgan fingerprint density at radius 2 is 1.57 bits per heavy atom. The third-order valence-electron chi connectivity index (χ3n) is 1.31. The van der Waals surface area contributed by atoms with Gasteiger partial charge in [0.15, 0.2) is 0 Å². The summed E-state index contributed by atoms with van der Waals surface area (Å²) in [5.41, 5.74) is 2.92. The highest BCUT2D eigenvalue weighted by Gasteiger charge is 2.14. The van der Waals surface area contributed by atoms with Gasteiger partial charge in [-0.15, -0.1) is 0 Å². The van der Waals surface area contributed by atoms with Crippen molar-refractivity contribution in [3.05, 3.63) is 11.4 Å². The summed E-state index contributed by atoms with van der Waals surface area (Å²) in [7, 11) is 0. The molecule has 0 aromatic carbocycles. The number of nitrogens with one attached hydrogen (secondary N) is 1. The second-order valence-electron chi connectivity index (χ2n) is 1.79. The van der Waals surface area contributed by atoms with Crippen LogP contribution >= 0.6 is 0 Å². The lowest BCUT2D eigenvalue weighted by atomic mass is 10.4. The SMILES string of the molecule is CCC1=C(CC)N1. The van der Waals surface area contributed by atoms with Gasteiger partial charge in [0.25, 0.3) is 0 Å². The van der Waals surface area contributed by atoms with Gasteiger partial charge in [0.05, 0.1) is 0 Å². The first-order chi connectivity index (χ1) is 3.38. The molecule has 0 aliphatic carbocycles. The standard InChI is InChI=1S/C6H11N/c1-3-5-6(4-2)7-5/h7H,3-4H2,1-2H3. The molecule has 0 aromatic heterocycles. The molecule has 0 atom stereocenters. The topological polar surface area (TPSA) is 21.9 Å². The van der Waals surface area contributed by atoms with Crippen molar-refractivity contribution in [2.24, 2.45) is 0 Å². The second-order valence-corrected chi connectivity index (χ2v) is 1.79. The summed E-state index contributed by atoms with van der Waals surface area (Å²) < 4.78 is 0. The molecule has 40 valence electrons. The Hall–Kier alpha value is -0.460. The minimum atomic E-state index is 1.18. The van der Waals surface area contributed by atoms with Crippen molar-refractivity contribution in [1.82, 2.24) is 5.32 Å². The molecule has 1 aliphatic rings. The normalized spacial score (nSPS) is 16.9. The van der Waals surface area contributed by atoms with E-state index in [1.54, 1.807) is 0 Å². The molecule has 0 saturated heterocycles. The van der Waals surface area contributed by atoms with Crippen molar-refractivity contribution in [2.75, 3.05) is 0 Å². The van der Waals surface area contributed by atoms with E-state index in [0.29, 0.717) is 0 Å². The van der Waals surface area contributed by atoms with Gasteiger partial charge >= 0.3 is 0 Å². The van der Waals surface area contributed by atoms with Crippen LogP contribution in [0.2, 0.25) is 0 Å². The molecular weight excluding hydrogens is 86.1 g/mol. The smallest absolute Gasteiger partial charge is 0.0342 e. The maximum absolute atomic E-state index is 3.20. The highest BCUT2D eigenvalue weighted by Crippen LogP contribution is 2.20. The summed E-state index contributed by atoms with van der Waals surface area (Å²) in [6, 6.07) is 0. The monoisotopic (exact) mass is 97.1 g/mol. The summed E-state index contributed by atoms with van der Waals surface area (Å²) in [4.78, 5) is 0. The summed E-state index contributed by atoms with van der Waals surface area (Å²) >= 11 is 0. The molecule has 0 amide bonds. The lowest BCUT2D eigenvalue weighted by Crippen LogP contribution is -1.76. The molecule has 1 heterocycles. The Morgan fingerprint density at radius 1 is 1.14 bits per heavy atom. The van der Waals surface area contributed by atoms with E-state index in [9.17, 15) is 0 Å². The number of hydrogen-bond acceptors (Lipinski definition) is 1. The summed E-state index contributed by atoms with van der Waals surface area (Å²) in [6.45, 7) is 4.34. The van der Waals surface area contributed by atoms with Gasteiger partial charge in [0, 0.05) is 11.4 Å². The largest absolute Gasteiger partial charge is 0.359 e. The molecule has 0 spiro atoms. The maximum Gasteiger partial charge on any atom is 0.0342 e. The van der Waals surface area contributed by atoms with E-state index in [-0.39, 0.29) is 0 Å². The van der Waals surface area contributed by atoms with Crippen LogP contribution in [0.15, 0.2) is 11.4 Å². The van der Waals surface area contributed by atoms with Crippen molar-refractivity contribution in [3.63, 3.8) is 0 Å². The van der Waals surface area contributed by atoms with E-state index < -0.39 is 0 Å². The van der Waals surface area contributed by atoms with E-state index in [2.05, 4.69) is 19.2 Å². The predicted molar refractivity (Wildman–Crippen MR) is 30.7 cm³/mol. The van der Waals surface area contributed by atoms with Crippen molar-refractivity contribution in [2.45, 2.75) is 26.7 Å². The Labute approximate surface area is 44.4 Å². The average Bonchev–Trinajstić information content (AvgIpc) is 2.43. The molecule has 0 radical (unpaired) electrons. The molecule has 7 heavy (non-hydrogen) atoms. The highest BCUT2D eigenvalue weighted by molar-refractivity contribution is 5.28. The fraction of sp³-hybridized carbons (Fsp3) is 0.667. The lowest BCUT2D eigenvalue weighted by molar-refractivity contribution is 1.07. The van der Waals surface area contributed by atoms with Gasteiger partial charge < -0.3 is 5.32 Å². The van der Waals surface area contributed by atoms with Crippen LogP contribution in [0.3, 0.4) is 0 Å². The summed E-state index contributed by atoms with van der Waals surface area (Å²) in [5.74, 6) is 0. The molecule has 1 nitrogen and oxygen atoms in total. The van der Waals surface area contributed by atoms with Crippen LogP contribution in [0.1, 0.15) is 26.7 Å². The zero-order chi connectivity index (χ0) is 5.28. The van der Waals surface area contributed by atoms with Crippen molar-refractivity contribution >= 4 is 0 Å². The Balaban J connectivity index is 2.32. The van der Waals surface area contributed by atoms with Crippen LogP contribution in [-0.4, -0.2) is 0 Å². The quantitative estimate of drug-likeness (QED) is 0.555. The first-order valence-corrected chi connectivity index (χ1v) is 2.87. The zero-order valence-electron chi connectivity index (χ0n) is 4.91. The first-order valence-electron chi connectivity index (χ1n) is 2.87. The number of rotatable bonds is 2. The van der Waals surface area contributed by atoms with Crippen molar-refractivity contribution in [1.29, 1.82) is 0 Å². The molecule has 0 aromatic rings. The maximum atomic E-state index is 3.20. The molecule has 0 saturated carbocycles. The third kappa shape index (κ3) is 0.763. The summed E-state index contributed by atoms with van der Waals surface area (Å²) in [6.07, 6.45) is 2.37. The second kappa shape index (κ2) is 1.57. The third-order valence-corrected chi connectivity index (χ3v) is 1.31. The minimum absolute atomic E-state index is 1.18. The van der Waals surface area contributed by atoms with Gasteiger partial charge in [0.2, 0.25) is 0 Å². The molecule has 0 unspecified atom stereocenters. The van der Waals surface area contributed by atoms with E-state index in [1.807, 2.05) is 0 Å². The zero-order valence-corrected chi connectivity index (χ0v) is 4.91. The van der Waals surface area contributed by atoms with Crippen LogP contribution in [-0.2, 0) is 0 Å². The molecular formula is C6H11N. The van der Waals surface area contributed by atoms with Crippen LogP contribution in [0.4, 0.5) is 0 Å². The van der Waals surface area contributed by atoms with Gasteiger partial charge in [-0.3, -0.25) is 0 Å². The van der Waals surface area contributed by atoms with E-state index >= 15 is 0 Å². The molecule has 0 fully saturated rings. The lowest BCUT2D eigenvalue weighted by Gasteiger charge is -1.69. The molecule has 0 bridgehead atoms. The predicted octanol–water partition coefficient (Wildman–Crippen LogP) is 1.62. The molecule has 1 rings (SSSR count). The van der Waals surface area contributed by atoms with Crippen molar-refractivity contribution < 1.29 is 0 Å². The van der Waals surface area contributed by atoms with Gasteiger partial charge in [-0.05, 0) is 12.8 Å². The van der Waals surface area contributed by atoms with Gasteiger partial charge in [-0.1, -0.05) is 13.8 Å². The average molecular weight is 97.2 g/mol. The van der Waals surface area contributed by atoms with Gasteiger partial charge in [-0.2, -0.15) is 0 Å². The van der Waals surface area contributed by atoms with Crippen LogP contribution < -0.4 is 5.32 Å². The van der Waals surface area contributed by atoms with E-state index in [1.165, 1.54) is 24.2 Å². The molecule has 1 N–H and O–H groups in total. The van der Waals surface area contributed by atoms with Gasteiger partial charge in [-0.25, -0.2) is 0 Å². The molecule has 1 heteroatoms. The fourth-order valence-corrected chi connectivity index (χ4v) is 0.754. The molecule has 1 aliphatic heterocycles. The Morgan fingerprint density at radius 3 is 1.71 bits per heavy atom. The van der Waals surface area contributed by atoms with Crippen LogP contribution in [0.5, 0.6) is 0 Å². The fourth-order valence-electron chi connectivity index (χ4n) is 0.754. The Kier molecular flexibility index (Phi) is 1.05. The number of hydrogen-bond donors (Lipinski definition) is 1. The summed E-state index contributed by atoms with van der Waals surface area (Å²) in [5, 5.41) is 3.20. The van der Waals surface area contributed by atoms with E-state index in [0.717, 1.165) is 0 Å². The Bertz CT molecular complexity index is 90.7. The number of allylic oxidation sites excluding steroid dienone is 2.